The molecule has 0 atom stereocenters. The minimum atomic E-state index is 0.537. The van der Waals surface area contributed by atoms with Crippen LogP contribution in [-0.2, 0) is 16.1 Å². The second kappa shape index (κ2) is 6.64. The summed E-state index contributed by atoms with van der Waals surface area (Å²) in [6, 6.07) is 16.4. The van der Waals surface area contributed by atoms with Crippen LogP contribution in [0.3, 0.4) is 0 Å². The molecule has 114 valence electrons. The summed E-state index contributed by atoms with van der Waals surface area (Å²) in [5.41, 5.74) is 11.2. The average molecular weight is 296 g/mol. The number of anilines is 1. The Kier molecular flexibility index (Phi) is 4.42. The molecule has 1 heterocycles. The molecule has 3 N–H and O–H groups in total. The summed E-state index contributed by atoms with van der Waals surface area (Å²) in [5, 5.41) is 1.10. The lowest BCUT2D eigenvalue weighted by Gasteiger charge is -2.05. The third kappa shape index (κ3) is 3.13. The minimum absolute atomic E-state index is 0.537. The van der Waals surface area contributed by atoms with Gasteiger partial charge in [0.2, 0.25) is 0 Å². The maximum atomic E-state index is 6.17. The first-order chi connectivity index (χ1) is 10.8. The summed E-state index contributed by atoms with van der Waals surface area (Å²) in [5.74, 6) is 0. The number of benzene rings is 2. The maximum Gasteiger partial charge on any atom is 0.0719 e. The van der Waals surface area contributed by atoms with E-state index in [9.17, 15) is 0 Å². The Hall–Kier alpha value is -2.30. The van der Waals surface area contributed by atoms with Crippen LogP contribution in [-0.4, -0.2) is 25.3 Å². The number of nitrogens with one attached hydrogen (secondary N) is 1. The fourth-order valence-electron chi connectivity index (χ4n) is 2.53. The molecule has 3 rings (SSSR count). The summed E-state index contributed by atoms with van der Waals surface area (Å²) in [6.45, 7) is 1.71. The molecule has 0 aliphatic carbocycles. The van der Waals surface area contributed by atoms with Gasteiger partial charge in [-0.25, -0.2) is 0 Å². The smallest absolute Gasteiger partial charge is 0.0719 e. The third-order valence-corrected chi connectivity index (χ3v) is 3.60. The van der Waals surface area contributed by atoms with Crippen molar-refractivity contribution < 1.29 is 9.47 Å². The van der Waals surface area contributed by atoms with E-state index in [4.69, 9.17) is 15.2 Å². The topological polar surface area (TPSA) is 60.3 Å². The van der Waals surface area contributed by atoms with E-state index in [0.717, 1.165) is 33.4 Å². The molecular weight excluding hydrogens is 276 g/mol. The van der Waals surface area contributed by atoms with Gasteiger partial charge in [0.25, 0.3) is 0 Å². The summed E-state index contributed by atoms with van der Waals surface area (Å²) in [4.78, 5) is 3.40. The van der Waals surface area contributed by atoms with E-state index in [-0.39, 0.29) is 0 Å². The van der Waals surface area contributed by atoms with Gasteiger partial charge in [-0.1, -0.05) is 30.3 Å². The van der Waals surface area contributed by atoms with E-state index in [2.05, 4.69) is 29.2 Å². The number of nitrogens with two attached hydrogens (primary N) is 1. The van der Waals surface area contributed by atoms with Gasteiger partial charge in [0.05, 0.1) is 31.0 Å². The highest BCUT2D eigenvalue weighted by Crippen LogP contribution is 2.28. The number of rotatable bonds is 6. The highest BCUT2D eigenvalue weighted by Gasteiger charge is 2.07. The van der Waals surface area contributed by atoms with Crippen LogP contribution in [0.25, 0.3) is 22.2 Å². The molecule has 0 aliphatic rings. The van der Waals surface area contributed by atoms with Crippen LogP contribution in [0.1, 0.15) is 5.56 Å². The van der Waals surface area contributed by atoms with Crippen LogP contribution >= 0.6 is 0 Å². The number of methoxy groups -OCH3 is 1. The van der Waals surface area contributed by atoms with Gasteiger partial charge in [-0.3, -0.25) is 0 Å². The van der Waals surface area contributed by atoms with Gasteiger partial charge in [0.15, 0.2) is 0 Å². The zero-order valence-electron chi connectivity index (χ0n) is 12.6. The molecule has 4 heteroatoms. The van der Waals surface area contributed by atoms with Crippen molar-refractivity contribution in [2.75, 3.05) is 26.1 Å². The van der Waals surface area contributed by atoms with E-state index in [1.54, 1.807) is 7.11 Å². The first-order valence-corrected chi connectivity index (χ1v) is 7.31. The van der Waals surface area contributed by atoms with E-state index in [0.29, 0.717) is 19.8 Å². The zero-order chi connectivity index (χ0) is 15.4. The first kappa shape index (κ1) is 14.6. The monoisotopic (exact) mass is 296 g/mol. The highest BCUT2D eigenvalue weighted by atomic mass is 16.5. The van der Waals surface area contributed by atoms with Gasteiger partial charge in [0.1, 0.15) is 0 Å². The van der Waals surface area contributed by atoms with Crippen LogP contribution in [0.15, 0.2) is 48.5 Å². The molecule has 4 nitrogen and oxygen atoms in total. The summed E-state index contributed by atoms with van der Waals surface area (Å²) in [7, 11) is 1.66. The van der Waals surface area contributed by atoms with Crippen molar-refractivity contribution in [2.24, 2.45) is 0 Å². The molecule has 0 spiro atoms. The Morgan fingerprint density at radius 3 is 2.64 bits per heavy atom. The number of fused-ring (bicyclic) bond motifs is 1. The largest absolute Gasteiger partial charge is 0.397 e. The quantitative estimate of drug-likeness (QED) is 0.540. The van der Waals surface area contributed by atoms with Gasteiger partial charge < -0.3 is 20.2 Å². The molecule has 0 unspecified atom stereocenters. The lowest BCUT2D eigenvalue weighted by atomic mass is 10.1. The number of H-pyrrole nitrogens is 1. The molecule has 0 saturated carbocycles. The molecular formula is C18H20N2O2. The zero-order valence-corrected chi connectivity index (χ0v) is 12.6. The third-order valence-electron chi connectivity index (χ3n) is 3.60. The minimum Gasteiger partial charge on any atom is -0.397 e. The summed E-state index contributed by atoms with van der Waals surface area (Å²) in [6.07, 6.45) is 0. The van der Waals surface area contributed by atoms with Crippen molar-refractivity contribution in [2.45, 2.75) is 6.61 Å². The number of ether oxygens (including phenoxy) is 2. The molecule has 2 aromatic carbocycles. The van der Waals surface area contributed by atoms with Gasteiger partial charge in [0, 0.05) is 18.2 Å². The Bertz CT molecular complexity index is 750. The van der Waals surface area contributed by atoms with Gasteiger partial charge in [-0.15, -0.1) is 0 Å². The Morgan fingerprint density at radius 2 is 1.86 bits per heavy atom. The SMILES string of the molecule is COCCOCc1cc(N)c2[nH]c(-c3ccccc3)cc2c1. The second-order valence-corrected chi connectivity index (χ2v) is 5.24. The van der Waals surface area contributed by atoms with E-state index in [1.807, 2.05) is 24.3 Å². The normalized spacial score (nSPS) is 11.1. The molecule has 3 aromatic rings. The molecule has 0 aliphatic heterocycles. The van der Waals surface area contributed by atoms with Crippen molar-refractivity contribution in [3.8, 4) is 11.3 Å². The van der Waals surface area contributed by atoms with Crippen LogP contribution in [0, 0.1) is 0 Å². The van der Waals surface area contributed by atoms with Crippen LogP contribution in [0.4, 0.5) is 5.69 Å². The van der Waals surface area contributed by atoms with Crippen LogP contribution < -0.4 is 5.73 Å². The van der Waals surface area contributed by atoms with E-state index < -0.39 is 0 Å². The standard InChI is InChI=1S/C18H20N2O2/c1-21-7-8-22-12-13-9-15-11-17(14-5-3-2-4-6-14)20-18(15)16(19)10-13/h2-6,9-11,20H,7-8,12,19H2,1H3. The Morgan fingerprint density at radius 1 is 1.05 bits per heavy atom. The molecule has 0 amide bonds. The predicted molar refractivity (Wildman–Crippen MR) is 89.7 cm³/mol. The van der Waals surface area contributed by atoms with E-state index in [1.165, 1.54) is 0 Å². The Labute approximate surface area is 129 Å². The molecule has 0 radical (unpaired) electrons. The van der Waals surface area contributed by atoms with Gasteiger partial charge in [-0.05, 0) is 29.3 Å². The molecule has 0 bridgehead atoms. The number of hydrogen-bond donors (Lipinski definition) is 2. The fraction of sp³-hybridized carbons (Fsp3) is 0.222. The summed E-state index contributed by atoms with van der Waals surface area (Å²) >= 11 is 0. The highest BCUT2D eigenvalue weighted by molar-refractivity contribution is 5.94. The van der Waals surface area contributed by atoms with Crippen LogP contribution in [0.5, 0.6) is 0 Å². The number of aromatic nitrogens is 1. The predicted octanol–water partition coefficient (Wildman–Crippen LogP) is 3.58. The molecule has 0 saturated heterocycles. The van der Waals surface area contributed by atoms with Crippen molar-refractivity contribution in [1.82, 2.24) is 4.98 Å². The number of hydrogen-bond acceptors (Lipinski definition) is 3. The van der Waals surface area contributed by atoms with Gasteiger partial charge >= 0.3 is 0 Å². The lowest BCUT2D eigenvalue weighted by molar-refractivity contribution is 0.0617. The lowest BCUT2D eigenvalue weighted by Crippen LogP contribution is -2.02. The number of nitrogen functional groups attached to an aromatic ring is 1. The fourth-order valence-corrected chi connectivity index (χ4v) is 2.53. The number of aromatic amines is 1. The first-order valence-electron chi connectivity index (χ1n) is 7.31. The average Bonchev–Trinajstić information content (AvgIpc) is 2.97. The molecule has 0 fully saturated rings. The van der Waals surface area contributed by atoms with Gasteiger partial charge in [-0.2, -0.15) is 0 Å². The maximum absolute atomic E-state index is 6.17. The second-order valence-electron chi connectivity index (χ2n) is 5.24. The summed E-state index contributed by atoms with van der Waals surface area (Å²) < 4.78 is 10.5. The van der Waals surface area contributed by atoms with Crippen LogP contribution in [0.2, 0.25) is 0 Å². The van der Waals surface area contributed by atoms with Crippen molar-refractivity contribution in [1.29, 1.82) is 0 Å². The van der Waals surface area contributed by atoms with Crippen molar-refractivity contribution in [3.05, 3.63) is 54.1 Å². The molecule has 1 aromatic heterocycles. The van der Waals surface area contributed by atoms with Crippen molar-refractivity contribution >= 4 is 16.6 Å². The Balaban J connectivity index is 1.87. The molecule has 22 heavy (non-hydrogen) atoms. The van der Waals surface area contributed by atoms with Crippen molar-refractivity contribution in [3.63, 3.8) is 0 Å². The van der Waals surface area contributed by atoms with E-state index >= 15 is 0 Å².